The van der Waals surface area contributed by atoms with Crippen LogP contribution in [-0.2, 0) is 4.74 Å². The maximum Gasteiger partial charge on any atom is 0.410 e. The van der Waals surface area contributed by atoms with Crippen molar-refractivity contribution in [2.45, 2.75) is 58.2 Å². The highest BCUT2D eigenvalue weighted by Gasteiger charge is 2.27. The number of likely N-dealkylation sites (tertiary alicyclic amines) is 1. The number of carbonyl (C=O) groups is 2. The fourth-order valence-corrected chi connectivity index (χ4v) is 3.03. The third-order valence-corrected chi connectivity index (χ3v) is 4.76. The summed E-state index contributed by atoms with van der Waals surface area (Å²) >= 11 is 0. The highest BCUT2D eigenvalue weighted by atomic mass is 16.6. The maximum absolute atomic E-state index is 12.1. The average Bonchev–Trinajstić information content (AvgIpc) is 3.45. The van der Waals surface area contributed by atoms with Crippen molar-refractivity contribution in [3.05, 3.63) is 24.3 Å². The van der Waals surface area contributed by atoms with Gasteiger partial charge in [-0.1, -0.05) is 0 Å². The summed E-state index contributed by atoms with van der Waals surface area (Å²) < 4.78 is 11.4. The van der Waals surface area contributed by atoms with Gasteiger partial charge in [-0.05, 0) is 63.8 Å². The SMILES string of the molecule is CC(C)(C)OC(=O)N1CCC(Oc2ccc(NC(=O)NCC3CC3)cc2)CC1. The molecule has 3 rings (SSSR count). The van der Waals surface area contributed by atoms with Crippen molar-refractivity contribution in [3.63, 3.8) is 0 Å². The van der Waals surface area contributed by atoms with E-state index in [0.29, 0.717) is 19.0 Å². The summed E-state index contributed by atoms with van der Waals surface area (Å²) in [5.74, 6) is 1.42. The van der Waals surface area contributed by atoms with E-state index in [1.54, 1.807) is 4.90 Å². The molecule has 1 aromatic rings. The average molecular weight is 389 g/mol. The monoisotopic (exact) mass is 389 g/mol. The van der Waals surface area contributed by atoms with Gasteiger partial charge >= 0.3 is 12.1 Å². The van der Waals surface area contributed by atoms with Crippen LogP contribution in [0.15, 0.2) is 24.3 Å². The molecule has 1 heterocycles. The summed E-state index contributed by atoms with van der Waals surface area (Å²) in [4.78, 5) is 25.7. The maximum atomic E-state index is 12.1. The minimum Gasteiger partial charge on any atom is -0.490 e. The summed E-state index contributed by atoms with van der Waals surface area (Å²) in [6.07, 6.45) is 3.76. The van der Waals surface area contributed by atoms with Gasteiger partial charge < -0.3 is 25.0 Å². The van der Waals surface area contributed by atoms with Gasteiger partial charge in [0.05, 0.1) is 0 Å². The summed E-state index contributed by atoms with van der Waals surface area (Å²) in [5, 5.41) is 5.71. The van der Waals surface area contributed by atoms with Crippen LogP contribution in [0.4, 0.5) is 15.3 Å². The largest absolute Gasteiger partial charge is 0.490 e. The lowest BCUT2D eigenvalue weighted by Crippen LogP contribution is -2.44. The van der Waals surface area contributed by atoms with E-state index < -0.39 is 5.60 Å². The molecule has 2 N–H and O–H groups in total. The second-order valence-electron chi connectivity index (χ2n) is 8.59. The number of benzene rings is 1. The number of ether oxygens (including phenoxy) is 2. The van der Waals surface area contributed by atoms with E-state index in [0.717, 1.165) is 30.8 Å². The van der Waals surface area contributed by atoms with Crippen LogP contribution >= 0.6 is 0 Å². The molecule has 2 aliphatic rings. The number of hydrogen-bond donors (Lipinski definition) is 2. The molecule has 1 saturated heterocycles. The Morgan fingerprint density at radius 2 is 1.71 bits per heavy atom. The number of nitrogens with zero attached hydrogens (tertiary/aromatic N) is 1. The molecule has 7 nitrogen and oxygen atoms in total. The Labute approximate surface area is 166 Å². The van der Waals surface area contributed by atoms with Crippen molar-refractivity contribution >= 4 is 17.8 Å². The summed E-state index contributed by atoms with van der Waals surface area (Å²) in [7, 11) is 0. The predicted octanol–water partition coefficient (Wildman–Crippen LogP) is 4.00. The lowest BCUT2D eigenvalue weighted by molar-refractivity contribution is 0.0126. The fourth-order valence-electron chi connectivity index (χ4n) is 3.03. The van der Waals surface area contributed by atoms with Gasteiger partial charge in [0, 0.05) is 38.2 Å². The normalized spacial score (nSPS) is 17.8. The molecule has 1 saturated carbocycles. The van der Waals surface area contributed by atoms with E-state index in [-0.39, 0.29) is 18.2 Å². The molecule has 0 aromatic heterocycles. The highest BCUT2D eigenvalue weighted by Crippen LogP contribution is 2.27. The molecule has 0 bridgehead atoms. The molecule has 2 fully saturated rings. The van der Waals surface area contributed by atoms with Gasteiger partial charge in [0.1, 0.15) is 17.5 Å². The van der Waals surface area contributed by atoms with E-state index in [1.807, 2.05) is 45.0 Å². The van der Waals surface area contributed by atoms with E-state index in [1.165, 1.54) is 12.8 Å². The van der Waals surface area contributed by atoms with Crippen molar-refractivity contribution in [1.82, 2.24) is 10.2 Å². The number of carbonyl (C=O) groups excluding carboxylic acids is 2. The quantitative estimate of drug-likeness (QED) is 0.798. The fraction of sp³-hybridized carbons (Fsp3) is 0.619. The van der Waals surface area contributed by atoms with Crippen LogP contribution in [0.25, 0.3) is 0 Å². The van der Waals surface area contributed by atoms with Crippen LogP contribution in [0, 0.1) is 5.92 Å². The van der Waals surface area contributed by atoms with Gasteiger partial charge in [0.2, 0.25) is 0 Å². The first-order valence-corrected chi connectivity index (χ1v) is 10.1. The first kappa shape index (κ1) is 20.3. The van der Waals surface area contributed by atoms with E-state index >= 15 is 0 Å². The molecule has 154 valence electrons. The number of hydrogen-bond acceptors (Lipinski definition) is 4. The minimum absolute atomic E-state index is 0.0688. The zero-order valence-corrected chi connectivity index (χ0v) is 17.0. The second-order valence-corrected chi connectivity index (χ2v) is 8.59. The van der Waals surface area contributed by atoms with Crippen LogP contribution in [0.5, 0.6) is 5.75 Å². The molecule has 1 aliphatic carbocycles. The third kappa shape index (κ3) is 6.62. The minimum atomic E-state index is -0.477. The zero-order chi connectivity index (χ0) is 20.1. The molecule has 0 radical (unpaired) electrons. The first-order valence-electron chi connectivity index (χ1n) is 10.1. The summed E-state index contributed by atoms with van der Waals surface area (Å²) in [5.41, 5.74) is 0.259. The number of rotatable bonds is 5. The van der Waals surface area contributed by atoms with Crippen LogP contribution in [0.3, 0.4) is 0 Å². The molecule has 7 heteroatoms. The van der Waals surface area contributed by atoms with Gasteiger partial charge in [-0.15, -0.1) is 0 Å². The Morgan fingerprint density at radius 3 is 2.29 bits per heavy atom. The highest BCUT2D eigenvalue weighted by molar-refractivity contribution is 5.89. The lowest BCUT2D eigenvalue weighted by Gasteiger charge is -2.33. The third-order valence-electron chi connectivity index (χ3n) is 4.76. The van der Waals surface area contributed by atoms with Crippen LogP contribution in [0.2, 0.25) is 0 Å². The number of anilines is 1. The molecule has 1 aromatic carbocycles. The second kappa shape index (κ2) is 8.71. The molecular weight excluding hydrogens is 358 g/mol. The van der Waals surface area contributed by atoms with E-state index in [2.05, 4.69) is 10.6 Å². The Hall–Kier alpha value is -2.44. The smallest absolute Gasteiger partial charge is 0.410 e. The van der Waals surface area contributed by atoms with E-state index in [9.17, 15) is 9.59 Å². The molecule has 3 amide bonds. The summed E-state index contributed by atoms with van der Waals surface area (Å²) in [6, 6.07) is 7.21. The molecule has 1 aliphatic heterocycles. The predicted molar refractivity (Wildman–Crippen MR) is 108 cm³/mol. The Morgan fingerprint density at radius 1 is 1.07 bits per heavy atom. The van der Waals surface area contributed by atoms with Gasteiger partial charge in [0.25, 0.3) is 0 Å². The first-order chi connectivity index (χ1) is 13.3. The number of nitrogens with one attached hydrogen (secondary N) is 2. The number of amides is 3. The topological polar surface area (TPSA) is 79.9 Å². The van der Waals surface area contributed by atoms with E-state index in [4.69, 9.17) is 9.47 Å². The molecule has 0 spiro atoms. The van der Waals surface area contributed by atoms with Crippen molar-refractivity contribution in [1.29, 1.82) is 0 Å². The summed E-state index contributed by atoms with van der Waals surface area (Å²) in [6.45, 7) is 7.61. The van der Waals surface area contributed by atoms with Crippen LogP contribution < -0.4 is 15.4 Å². The zero-order valence-electron chi connectivity index (χ0n) is 17.0. The Bertz CT molecular complexity index is 672. The molecular formula is C21H31N3O4. The van der Waals surface area contributed by atoms with Crippen LogP contribution in [0.1, 0.15) is 46.5 Å². The number of piperidine rings is 1. The van der Waals surface area contributed by atoms with Crippen molar-refractivity contribution in [2.75, 3.05) is 25.0 Å². The van der Waals surface area contributed by atoms with Gasteiger partial charge in [-0.2, -0.15) is 0 Å². The molecule has 0 unspecified atom stereocenters. The van der Waals surface area contributed by atoms with Gasteiger partial charge in [-0.25, -0.2) is 9.59 Å². The lowest BCUT2D eigenvalue weighted by atomic mass is 10.1. The van der Waals surface area contributed by atoms with Crippen LogP contribution in [-0.4, -0.2) is 48.4 Å². The standard InChI is InChI=1S/C21H31N3O4/c1-21(2,3)28-20(26)24-12-10-18(11-13-24)27-17-8-6-16(7-9-17)23-19(25)22-14-15-4-5-15/h6-9,15,18H,4-5,10-14H2,1-3H3,(H2,22,23,25). The Balaban J connectivity index is 1.40. The number of urea groups is 1. The van der Waals surface area contributed by atoms with Crippen molar-refractivity contribution < 1.29 is 19.1 Å². The molecule has 28 heavy (non-hydrogen) atoms. The van der Waals surface area contributed by atoms with Gasteiger partial charge in [0.15, 0.2) is 0 Å². The van der Waals surface area contributed by atoms with Crippen molar-refractivity contribution in [3.8, 4) is 5.75 Å². The van der Waals surface area contributed by atoms with Gasteiger partial charge in [-0.3, -0.25) is 0 Å². The molecule has 0 atom stereocenters. The Kier molecular flexibility index (Phi) is 6.31. The van der Waals surface area contributed by atoms with Crippen molar-refractivity contribution in [2.24, 2.45) is 5.92 Å².